The largest absolute Gasteiger partial charge is 0.479 e. The van der Waals surface area contributed by atoms with Gasteiger partial charge in [0, 0.05) is 31.3 Å². The molecule has 0 radical (unpaired) electrons. The summed E-state index contributed by atoms with van der Waals surface area (Å²) in [5.74, 6) is -0.900. The first-order chi connectivity index (χ1) is 8.90. The van der Waals surface area contributed by atoms with Crippen LogP contribution in [0.5, 0.6) is 0 Å². The summed E-state index contributed by atoms with van der Waals surface area (Å²) in [7, 11) is 0. The maximum atomic E-state index is 11.4. The number of aliphatic hydroxyl groups is 1. The van der Waals surface area contributed by atoms with Gasteiger partial charge in [-0.1, -0.05) is 0 Å². The Hall–Kier alpha value is -2.09. The van der Waals surface area contributed by atoms with Crippen LogP contribution in [0.25, 0.3) is 0 Å². The smallest absolute Gasteiger partial charge is 0.332 e. The van der Waals surface area contributed by atoms with Gasteiger partial charge in [0.1, 0.15) is 0 Å². The van der Waals surface area contributed by atoms with E-state index in [9.17, 15) is 9.59 Å². The van der Waals surface area contributed by atoms with E-state index in [4.69, 9.17) is 10.2 Å². The first kappa shape index (κ1) is 15.0. The molecule has 0 fully saturated rings. The van der Waals surface area contributed by atoms with Gasteiger partial charge in [-0.3, -0.25) is 10.00 Å². The highest BCUT2D eigenvalue weighted by atomic mass is 16.4. The summed E-state index contributed by atoms with van der Waals surface area (Å²) in [6, 6.07) is 1.36. The van der Waals surface area contributed by atoms with Crippen LogP contribution in [0.1, 0.15) is 26.3 Å². The molecule has 0 aromatic carbocycles. The maximum absolute atomic E-state index is 11.4. The maximum Gasteiger partial charge on any atom is 0.332 e. The topological polar surface area (TPSA) is 116 Å². The van der Waals surface area contributed by atoms with E-state index in [1.54, 1.807) is 16.9 Å². The lowest BCUT2D eigenvalue weighted by atomic mass is 10.2. The second kappa shape index (κ2) is 6.74. The second-order valence-electron chi connectivity index (χ2n) is 4.30. The lowest BCUT2D eigenvalue weighted by Crippen LogP contribution is -2.33. The Morgan fingerprint density at radius 2 is 2.16 bits per heavy atom. The summed E-state index contributed by atoms with van der Waals surface area (Å²) in [5.41, 5.74) is 0. The van der Waals surface area contributed by atoms with Crippen molar-refractivity contribution in [3.05, 3.63) is 12.3 Å². The number of carbonyl (C=O) groups is 2. The lowest BCUT2D eigenvalue weighted by Gasteiger charge is -2.08. The minimum atomic E-state index is -1.47. The minimum absolute atomic E-state index is 0.0524. The Morgan fingerprint density at radius 1 is 1.47 bits per heavy atom. The molecule has 1 atom stereocenters. The molecule has 8 heteroatoms. The van der Waals surface area contributed by atoms with E-state index in [0.717, 1.165) is 0 Å². The number of aliphatic hydroxyl groups excluding tert-OH is 1. The van der Waals surface area contributed by atoms with Crippen molar-refractivity contribution in [2.45, 2.75) is 32.4 Å². The molecule has 8 nitrogen and oxygen atoms in total. The van der Waals surface area contributed by atoms with E-state index >= 15 is 0 Å². The van der Waals surface area contributed by atoms with Gasteiger partial charge in [0.05, 0.1) is 0 Å². The number of aliphatic carboxylic acids is 1. The second-order valence-corrected chi connectivity index (χ2v) is 4.30. The fourth-order valence-electron chi connectivity index (χ4n) is 1.30. The Morgan fingerprint density at radius 3 is 2.68 bits per heavy atom. The normalized spacial score (nSPS) is 12.2. The first-order valence-electron chi connectivity index (χ1n) is 5.91. The number of urea groups is 1. The number of carboxylic acids is 1. The summed E-state index contributed by atoms with van der Waals surface area (Å²) in [6.45, 7) is 3.98. The van der Waals surface area contributed by atoms with Crippen LogP contribution in [-0.2, 0) is 4.79 Å². The van der Waals surface area contributed by atoms with Gasteiger partial charge in [0.2, 0.25) is 0 Å². The van der Waals surface area contributed by atoms with Gasteiger partial charge in [-0.15, -0.1) is 0 Å². The standard InChI is InChI=1S/C11H18N4O4/c1-7(2)15-6-4-9(14-15)13-11(19)12-5-3-8(16)10(17)18/h4,6-8,16H,3,5H2,1-2H3,(H,17,18)(H2,12,13,14,19). The molecule has 0 aliphatic carbocycles. The van der Waals surface area contributed by atoms with Crippen LogP contribution in [-0.4, -0.2) is 44.6 Å². The molecule has 106 valence electrons. The van der Waals surface area contributed by atoms with E-state index in [2.05, 4.69) is 15.7 Å². The summed E-state index contributed by atoms with van der Waals surface area (Å²) in [5, 5.41) is 26.5. The Bertz CT molecular complexity index is 444. The number of carbonyl (C=O) groups excluding carboxylic acids is 1. The molecule has 0 aliphatic heterocycles. The number of hydrogen-bond acceptors (Lipinski definition) is 4. The van der Waals surface area contributed by atoms with Crippen molar-refractivity contribution in [1.82, 2.24) is 15.1 Å². The molecule has 1 heterocycles. The van der Waals surface area contributed by atoms with Gasteiger partial charge in [0.15, 0.2) is 11.9 Å². The van der Waals surface area contributed by atoms with Crippen molar-refractivity contribution in [3.63, 3.8) is 0 Å². The first-order valence-corrected chi connectivity index (χ1v) is 5.91. The van der Waals surface area contributed by atoms with Crippen LogP contribution >= 0.6 is 0 Å². The third-order valence-corrected chi connectivity index (χ3v) is 2.37. The Balaban J connectivity index is 2.32. The zero-order valence-corrected chi connectivity index (χ0v) is 10.8. The molecule has 2 amide bonds. The number of rotatable bonds is 6. The van der Waals surface area contributed by atoms with Crippen molar-refractivity contribution < 1.29 is 19.8 Å². The van der Waals surface area contributed by atoms with Crippen molar-refractivity contribution in [2.75, 3.05) is 11.9 Å². The molecule has 4 N–H and O–H groups in total. The molecule has 0 bridgehead atoms. The SMILES string of the molecule is CC(C)n1ccc(NC(=O)NCCC(O)C(=O)O)n1. The number of hydrogen-bond donors (Lipinski definition) is 4. The minimum Gasteiger partial charge on any atom is -0.479 e. The van der Waals surface area contributed by atoms with Crippen LogP contribution < -0.4 is 10.6 Å². The Kier molecular flexibility index (Phi) is 5.31. The van der Waals surface area contributed by atoms with Crippen LogP contribution in [0.15, 0.2) is 12.3 Å². The van der Waals surface area contributed by atoms with Gasteiger partial charge in [-0.05, 0) is 13.8 Å². The molecule has 0 saturated heterocycles. The average molecular weight is 270 g/mol. The molecule has 0 spiro atoms. The molecular weight excluding hydrogens is 252 g/mol. The summed E-state index contributed by atoms with van der Waals surface area (Å²) in [6.07, 6.45) is 0.220. The highest BCUT2D eigenvalue weighted by Crippen LogP contribution is 2.07. The molecular formula is C11H18N4O4. The number of carboxylic acid groups (broad SMARTS) is 1. The van der Waals surface area contributed by atoms with E-state index in [0.29, 0.717) is 5.82 Å². The van der Waals surface area contributed by atoms with E-state index in [1.807, 2.05) is 13.8 Å². The van der Waals surface area contributed by atoms with Gasteiger partial charge in [0.25, 0.3) is 0 Å². The van der Waals surface area contributed by atoms with Crippen LogP contribution in [0.4, 0.5) is 10.6 Å². The summed E-state index contributed by atoms with van der Waals surface area (Å²) in [4.78, 5) is 21.8. The van der Waals surface area contributed by atoms with Crippen LogP contribution in [0.3, 0.4) is 0 Å². The molecule has 0 saturated carbocycles. The number of anilines is 1. The highest BCUT2D eigenvalue weighted by Gasteiger charge is 2.13. The number of nitrogens with zero attached hydrogens (tertiary/aromatic N) is 2. The van der Waals surface area contributed by atoms with E-state index < -0.39 is 18.1 Å². The fraction of sp³-hybridized carbons (Fsp3) is 0.545. The zero-order valence-electron chi connectivity index (χ0n) is 10.8. The lowest BCUT2D eigenvalue weighted by molar-refractivity contribution is -0.146. The van der Waals surface area contributed by atoms with Gasteiger partial charge in [-0.25, -0.2) is 9.59 Å². The quantitative estimate of drug-likeness (QED) is 0.597. The van der Waals surface area contributed by atoms with E-state index in [1.165, 1.54) is 0 Å². The predicted molar refractivity (Wildman–Crippen MR) is 67.9 cm³/mol. The molecule has 1 rings (SSSR count). The molecule has 0 aliphatic rings. The number of nitrogens with one attached hydrogen (secondary N) is 2. The average Bonchev–Trinajstić information content (AvgIpc) is 2.77. The number of amides is 2. The van der Waals surface area contributed by atoms with Gasteiger partial charge in [-0.2, -0.15) is 5.10 Å². The highest BCUT2D eigenvalue weighted by molar-refractivity contribution is 5.88. The fourth-order valence-corrected chi connectivity index (χ4v) is 1.30. The van der Waals surface area contributed by atoms with Crippen molar-refractivity contribution in [3.8, 4) is 0 Å². The van der Waals surface area contributed by atoms with Gasteiger partial charge < -0.3 is 15.5 Å². The molecule has 1 aromatic heterocycles. The predicted octanol–water partition coefficient (Wildman–Crippen LogP) is 0.421. The zero-order chi connectivity index (χ0) is 14.4. The molecule has 1 unspecified atom stereocenters. The van der Waals surface area contributed by atoms with Crippen molar-refractivity contribution >= 4 is 17.8 Å². The van der Waals surface area contributed by atoms with E-state index in [-0.39, 0.29) is 19.0 Å². The summed E-state index contributed by atoms with van der Waals surface area (Å²) < 4.78 is 1.70. The molecule has 1 aromatic rings. The van der Waals surface area contributed by atoms with Crippen LogP contribution in [0.2, 0.25) is 0 Å². The van der Waals surface area contributed by atoms with Crippen molar-refractivity contribution in [1.29, 1.82) is 0 Å². The Labute approximate surface area is 110 Å². The number of aromatic nitrogens is 2. The van der Waals surface area contributed by atoms with Crippen LogP contribution in [0, 0.1) is 0 Å². The summed E-state index contributed by atoms with van der Waals surface area (Å²) >= 11 is 0. The third kappa shape index (κ3) is 4.96. The third-order valence-electron chi connectivity index (χ3n) is 2.37. The van der Waals surface area contributed by atoms with Gasteiger partial charge >= 0.3 is 12.0 Å². The molecule has 19 heavy (non-hydrogen) atoms. The monoisotopic (exact) mass is 270 g/mol. The van der Waals surface area contributed by atoms with Crippen molar-refractivity contribution in [2.24, 2.45) is 0 Å².